The van der Waals surface area contributed by atoms with Crippen LogP contribution in [0.25, 0.3) is 0 Å². The summed E-state index contributed by atoms with van der Waals surface area (Å²) in [7, 11) is 1.56. The van der Waals surface area contributed by atoms with Gasteiger partial charge < -0.3 is 19.5 Å². The van der Waals surface area contributed by atoms with Gasteiger partial charge in [-0.3, -0.25) is 4.79 Å². The van der Waals surface area contributed by atoms with Crippen LogP contribution in [0.3, 0.4) is 0 Å². The minimum absolute atomic E-state index is 0.000828. The Balaban J connectivity index is 1.59. The molecule has 2 atom stereocenters. The quantitative estimate of drug-likeness (QED) is 0.827. The number of phenolic OH excluding ortho intramolecular Hbond substituents is 1. The second-order valence-corrected chi connectivity index (χ2v) is 7.57. The molecular formula is C22H23F2NO4. The van der Waals surface area contributed by atoms with E-state index in [1.165, 1.54) is 17.0 Å². The molecule has 2 fully saturated rings. The lowest BCUT2D eigenvalue weighted by atomic mass is 9.89. The molecule has 0 bridgehead atoms. The third-order valence-electron chi connectivity index (χ3n) is 5.81. The first kappa shape index (κ1) is 19.6. The van der Waals surface area contributed by atoms with Gasteiger partial charge in [0.2, 0.25) is 5.91 Å². The van der Waals surface area contributed by atoms with Crippen molar-refractivity contribution < 1.29 is 28.2 Å². The van der Waals surface area contributed by atoms with Crippen LogP contribution in [0.15, 0.2) is 30.3 Å². The van der Waals surface area contributed by atoms with Crippen LogP contribution >= 0.6 is 0 Å². The molecule has 154 valence electrons. The van der Waals surface area contributed by atoms with E-state index in [-0.39, 0.29) is 42.0 Å². The largest absolute Gasteiger partial charge is 0.507 e. The summed E-state index contributed by atoms with van der Waals surface area (Å²) in [5.41, 5.74) is 1.52. The maximum Gasteiger partial charge on any atom is 0.223 e. The highest BCUT2D eigenvalue weighted by Crippen LogP contribution is 2.44. The van der Waals surface area contributed by atoms with Crippen LogP contribution in [0.1, 0.15) is 41.4 Å². The maximum absolute atomic E-state index is 14.0. The molecule has 2 aliphatic heterocycles. The van der Waals surface area contributed by atoms with Crippen LogP contribution in [0.2, 0.25) is 0 Å². The van der Waals surface area contributed by atoms with Crippen LogP contribution in [-0.2, 0) is 16.1 Å². The van der Waals surface area contributed by atoms with E-state index in [0.717, 1.165) is 12.5 Å². The van der Waals surface area contributed by atoms with Gasteiger partial charge in [0.1, 0.15) is 11.5 Å². The van der Waals surface area contributed by atoms with Crippen LogP contribution in [0, 0.1) is 11.6 Å². The number of rotatable bonds is 5. The average molecular weight is 403 g/mol. The minimum Gasteiger partial charge on any atom is -0.507 e. The van der Waals surface area contributed by atoms with E-state index in [0.29, 0.717) is 36.6 Å². The molecule has 2 heterocycles. The van der Waals surface area contributed by atoms with E-state index in [2.05, 4.69) is 0 Å². The Hall–Kier alpha value is -2.67. The molecule has 7 heteroatoms. The summed E-state index contributed by atoms with van der Waals surface area (Å²) < 4.78 is 38.4. The number of ether oxygens (including phenoxy) is 2. The van der Waals surface area contributed by atoms with Crippen LogP contribution in [0.5, 0.6) is 11.5 Å². The summed E-state index contributed by atoms with van der Waals surface area (Å²) in [5.74, 6) is -1.46. The fraction of sp³-hybridized carbons (Fsp3) is 0.409. The SMILES string of the molecule is COc1ccc([C@H]2CC(=O)N(Cc3cccc(F)c3F)C2)c(O)c1[C@@H]1CCOC1. The van der Waals surface area contributed by atoms with Crippen molar-refractivity contribution in [3.63, 3.8) is 0 Å². The zero-order chi connectivity index (χ0) is 20.5. The van der Waals surface area contributed by atoms with Crippen molar-refractivity contribution in [2.75, 3.05) is 26.9 Å². The first-order valence-electron chi connectivity index (χ1n) is 9.67. The molecule has 0 aliphatic carbocycles. The third kappa shape index (κ3) is 3.67. The van der Waals surface area contributed by atoms with E-state index < -0.39 is 11.6 Å². The summed E-state index contributed by atoms with van der Waals surface area (Å²) in [6, 6.07) is 7.54. The fourth-order valence-corrected chi connectivity index (χ4v) is 4.28. The van der Waals surface area contributed by atoms with Gasteiger partial charge in [-0.2, -0.15) is 0 Å². The number of aromatic hydroxyl groups is 1. The van der Waals surface area contributed by atoms with Crippen LogP contribution in [0.4, 0.5) is 8.78 Å². The molecule has 1 N–H and O–H groups in total. The van der Waals surface area contributed by atoms with Crippen molar-refractivity contribution in [3.05, 3.63) is 58.7 Å². The zero-order valence-corrected chi connectivity index (χ0v) is 16.2. The van der Waals surface area contributed by atoms with E-state index in [9.17, 15) is 18.7 Å². The number of hydrogen-bond donors (Lipinski definition) is 1. The summed E-state index contributed by atoms with van der Waals surface area (Å²) in [4.78, 5) is 14.0. The molecule has 2 aromatic carbocycles. The number of nitrogens with zero attached hydrogens (tertiary/aromatic N) is 1. The summed E-state index contributed by atoms with van der Waals surface area (Å²) in [6.07, 6.45) is 0.999. The highest BCUT2D eigenvalue weighted by molar-refractivity contribution is 5.80. The zero-order valence-electron chi connectivity index (χ0n) is 16.2. The van der Waals surface area contributed by atoms with Gasteiger partial charge in [-0.25, -0.2) is 8.78 Å². The molecule has 0 unspecified atom stereocenters. The number of hydrogen-bond acceptors (Lipinski definition) is 4. The molecule has 0 radical (unpaired) electrons. The lowest BCUT2D eigenvalue weighted by Crippen LogP contribution is -2.25. The lowest BCUT2D eigenvalue weighted by Gasteiger charge is -2.21. The van der Waals surface area contributed by atoms with Crippen LogP contribution in [-0.4, -0.2) is 42.8 Å². The Morgan fingerprint density at radius 2 is 2.07 bits per heavy atom. The summed E-state index contributed by atoms with van der Waals surface area (Å²) in [5, 5.41) is 11.0. The van der Waals surface area contributed by atoms with Gasteiger partial charge in [0.15, 0.2) is 11.6 Å². The highest BCUT2D eigenvalue weighted by Gasteiger charge is 2.35. The van der Waals surface area contributed by atoms with Crippen molar-refractivity contribution in [3.8, 4) is 11.5 Å². The first-order chi connectivity index (χ1) is 14.0. The van der Waals surface area contributed by atoms with Gasteiger partial charge in [0.05, 0.1) is 13.7 Å². The smallest absolute Gasteiger partial charge is 0.223 e. The molecule has 2 saturated heterocycles. The molecule has 4 rings (SSSR count). The predicted octanol–water partition coefficient (Wildman–Crippen LogP) is 3.70. The van der Waals surface area contributed by atoms with Gasteiger partial charge in [-0.1, -0.05) is 18.2 Å². The van der Waals surface area contributed by atoms with E-state index in [1.807, 2.05) is 6.07 Å². The van der Waals surface area contributed by atoms with Gasteiger partial charge in [-0.05, 0) is 24.1 Å². The number of benzene rings is 2. The van der Waals surface area contributed by atoms with Crippen molar-refractivity contribution in [1.29, 1.82) is 0 Å². The first-order valence-corrected chi connectivity index (χ1v) is 9.67. The highest BCUT2D eigenvalue weighted by atomic mass is 19.2. The molecule has 29 heavy (non-hydrogen) atoms. The van der Waals surface area contributed by atoms with Crippen molar-refractivity contribution in [1.82, 2.24) is 4.90 Å². The fourth-order valence-electron chi connectivity index (χ4n) is 4.28. The molecule has 1 amide bonds. The minimum atomic E-state index is -0.931. The van der Waals surface area contributed by atoms with E-state index >= 15 is 0 Å². The molecule has 0 saturated carbocycles. The van der Waals surface area contributed by atoms with Crippen LogP contribution < -0.4 is 4.74 Å². The van der Waals surface area contributed by atoms with Gasteiger partial charge >= 0.3 is 0 Å². The number of methoxy groups -OCH3 is 1. The molecule has 0 spiro atoms. The molecule has 0 aromatic heterocycles. The summed E-state index contributed by atoms with van der Waals surface area (Å²) in [6.45, 7) is 1.47. The number of halogens is 2. The average Bonchev–Trinajstić information content (AvgIpc) is 3.35. The normalized spacial score (nSPS) is 21.8. The van der Waals surface area contributed by atoms with Gasteiger partial charge in [0, 0.05) is 49.1 Å². The predicted molar refractivity (Wildman–Crippen MR) is 102 cm³/mol. The molecule has 2 aromatic rings. The second-order valence-electron chi connectivity index (χ2n) is 7.57. The number of carbonyl (C=O) groups excluding carboxylic acids is 1. The number of phenols is 1. The Labute approximate surface area is 167 Å². The number of likely N-dealkylation sites (tertiary alicyclic amines) is 1. The van der Waals surface area contributed by atoms with Gasteiger partial charge in [-0.15, -0.1) is 0 Å². The Bertz CT molecular complexity index is 927. The monoisotopic (exact) mass is 403 g/mol. The number of carbonyl (C=O) groups is 1. The Morgan fingerprint density at radius 1 is 1.24 bits per heavy atom. The van der Waals surface area contributed by atoms with Crippen molar-refractivity contribution >= 4 is 5.91 Å². The molecule has 5 nitrogen and oxygen atoms in total. The van der Waals surface area contributed by atoms with Crippen molar-refractivity contribution in [2.24, 2.45) is 0 Å². The topological polar surface area (TPSA) is 59.0 Å². The standard InChI is InChI=1S/C22H23F2NO4/c1-28-18-6-5-16(22(27)20(18)14-7-8-29-12-14)15-9-19(26)25(11-15)10-13-3-2-4-17(23)21(13)24/h2-6,14-15,27H,7-12H2,1H3/t14-,15+/m1/s1. The number of amides is 1. The summed E-state index contributed by atoms with van der Waals surface area (Å²) >= 11 is 0. The Morgan fingerprint density at radius 3 is 2.79 bits per heavy atom. The third-order valence-corrected chi connectivity index (χ3v) is 5.81. The van der Waals surface area contributed by atoms with Gasteiger partial charge in [0.25, 0.3) is 0 Å². The van der Waals surface area contributed by atoms with E-state index in [1.54, 1.807) is 13.2 Å². The second kappa shape index (κ2) is 7.99. The Kier molecular flexibility index (Phi) is 5.41. The lowest BCUT2D eigenvalue weighted by molar-refractivity contribution is -0.128. The van der Waals surface area contributed by atoms with E-state index in [4.69, 9.17) is 9.47 Å². The molecule has 2 aliphatic rings. The maximum atomic E-state index is 14.0. The molecular weight excluding hydrogens is 380 g/mol. The van der Waals surface area contributed by atoms with Crippen molar-refractivity contribution in [2.45, 2.75) is 31.2 Å².